The van der Waals surface area contributed by atoms with Gasteiger partial charge in [-0.2, -0.15) is 0 Å². The maximum absolute atomic E-state index is 10.1. The molecule has 13 heavy (non-hydrogen) atoms. The Bertz CT molecular complexity index is 246. The van der Waals surface area contributed by atoms with E-state index in [2.05, 4.69) is 0 Å². The number of anilines is 1. The molecule has 0 amide bonds. The maximum Gasteiger partial charge on any atom is 0.269 e. The van der Waals surface area contributed by atoms with E-state index in [1.165, 1.54) is 24.3 Å². The van der Waals surface area contributed by atoms with Crippen LogP contribution in [0.4, 0.5) is 11.4 Å². The molecule has 1 rings (SSSR count). The minimum absolute atomic E-state index is 0. The molecule has 5 heteroatoms. The fraction of sp³-hybridized carbons (Fsp3) is 0.250. The summed E-state index contributed by atoms with van der Waals surface area (Å²) in [6.07, 6.45) is 0. The largest absolute Gasteiger partial charge is 0.399 e. The molecule has 0 aliphatic rings. The second-order valence-electron chi connectivity index (χ2n) is 1.85. The first kappa shape index (κ1) is 13.9. The average molecular weight is 185 g/mol. The topological polar surface area (TPSA) is 104 Å². The summed E-state index contributed by atoms with van der Waals surface area (Å²) in [6.45, 7) is 4.00. The lowest BCUT2D eigenvalue weighted by molar-refractivity contribution is -0.384. The Morgan fingerprint density at radius 1 is 1.23 bits per heavy atom. The van der Waals surface area contributed by atoms with Gasteiger partial charge in [0.15, 0.2) is 0 Å². The van der Waals surface area contributed by atoms with Crippen molar-refractivity contribution in [3.63, 3.8) is 0 Å². The van der Waals surface area contributed by atoms with Crippen LogP contribution < -0.4 is 11.9 Å². The number of nitro groups is 1. The molecule has 0 fully saturated rings. The second kappa shape index (κ2) is 7.05. The van der Waals surface area contributed by atoms with Gasteiger partial charge in [-0.1, -0.05) is 13.8 Å². The van der Waals surface area contributed by atoms with Gasteiger partial charge >= 0.3 is 0 Å². The highest BCUT2D eigenvalue weighted by Crippen LogP contribution is 2.11. The van der Waals surface area contributed by atoms with Crippen molar-refractivity contribution in [2.45, 2.75) is 13.8 Å². The van der Waals surface area contributed by atoms with Gasteiger partial charge in [-0.3, -0.25) is 10.1 Å². The van der Waals surface area contributed by atoms with Crippen molar-refractivity contribution in [1.29, 1.82) is 0 Å². The smallest absolute Gasteiger partial charge is 0.269 e. The summed E-state index contributed by atoms with van der Waals surface area (Å²) in [7, 11) is 0. The summed E-state index contributed by atoms with van der Waals surface area (Å²) in [6, 6.07) is 5.74. The minimum Gasteiger partial charge on any atom is -0.399 e. The first-order valence-corrected chi connectivity index (χ1v) is 3.70. The zero-order valence-corrected chi connectivity index (χ0v) is 7.86. The van der Waals surface area contributed by atoms with Crippen molar-refractivity contribution in [1.82, 2.24) is 6.15 Å². The van der Waals surface area contributed by atoms with Crippen molar-refractivity contribution in [2.24, 2.45) is 0 Å². The number of rotatable bonds is 1. The Hall–Kier alpha value is -1.62. The van der Waals surface area contributed by atoms with Crippen LogP contribution in [0.3, 0.4) is 0 Å². The SMILES string of the molecule is CC.N.Nc1ccc([N+](=O)[O-])cc1. The van der Waals surface area contributed by atoms with Crippen LogP contribution >= 0.6 is 0 Å². The van der Waals surface area contributed by atoms with Crippen LogP contribution in [0, 0.1) is 10.1 Å². The zero-order chi connectivity index (χ0) is 9.56. The summed E-state index contributed by atoms with van der Waals surface area (Å²) in [5, 5.41) is 10.1. The summed E-state index contributed by atoms with van der Waals surface area (Å²) in [4.78, 5) is 9.62. The van der Waals surface area contributed by atoms with Crippen molar-refractivity contribution < 1.29 is 4.92 Å². The van der Waals surface area contributed by atoms with Crippen LogP contribution in [0.1, 0.15) is 13.8 Å². The lowest BCUT2D eigenvalue weighted by Crippen LogP contribution is -1.88. The Kier molecular flexibility index (Phi) is 7.56. The van der Waals surface area contributed by atoms with Crippen LogP contribution in [0.2, 0.25) is 0 Å². The van der Waals surface area contributed by atoms with Crippen LogP contribution in [0.25, 0.3) is 0 Å². The third-order valence-electron chi connectivity index (χ3n) is 1.10. The molecule has 0 spiro atoms. The lowest BCUT2D eigenvalue weighted by atomic mass is 10.3. The van der Waals surface area contributed by atoms with Crippen LogP contribution in [-0.4, -0.2) is 4.92 Å². The standard InChI is InChI=1S/C6H6N2O2.C2H6.H3N/c7-5-1-3-6(4-2-5)8(9)10;1-2;/h1-4H,7H2;1-2H3;1H3. The average Bonchev–Trinajstić information content (AvgIpc) is 2.09. The molecule has 1 aromatic rings. The second-order valence-corrected chi connectivity index (χ2v) is 1.85. The quantitative estimate of drug-likeness (QED) is 0.398. The normalized spacial score (nSPS) is 7.54. The highest BCUT2D eigenvalue weighted by molar-refractivity contribution is 5.44. The number of hydrogen-bond donors (Lipinski definition) is 2. The fourth-order valence-corrected chi connectivity index (χ4v) is 0.596. The third kappa shape index (κ3) is 4.76. The van der Waals surface area contributed by atoms with E-state index >= 15 is 0 Å². The number of nitrogen functional groups attached to an aromatic ring is 1. The third-order valence-corrected chi connectivity index (χ3v) is 1.10. The Morgan fingerprint density at radius 3 is 1.92 bits per heavy atom. The van der Waals surface area contributed by atoms with E-state index in [0.29, 0.717) is 5.69 Å². The number of nitro benzene ring substituents is 1. The number of nitrogens with two attached hydrogens (primary N) is 1. The highest BCUT2D eigenvalue weighted by Gasteiger charge is 2.00. The van der Waals surface area contributed by atoms with E-state index < -0.39 is 4.92 Å². The Labute approximate surface area is 77.3 Å². The van der Waals surface area contributed by atoms with Crippen molar-refractivity contribution in [2.75, 3.05) is 5.73 Å². The molecule has 0 aliphatic carbocycles. The van der Waals surface area contributed by atoms with Gasteiger partial charge in [0.1, 0.15) is 0 Å². The van der Waals surface area contributed by atoms with Crippen molar-refractivity contribution in [3.05, 3.63) is 34.4 Å². The lowest BCUT2D eigenvalue weighted by Gasteiger charge is -1.90. The van der Waals surface area contributed by atoms with E-state index in [9.17, 15) is 10.1 Å². The molecule has 5 nitrogen and oxygen atoms in total. The number of non-ortho nitro benzene ring substituents is 1. The van der Waals surface area contributed by atoms with Gasteiger partial charge in [-0.05, 0) is 12.1 Å². The molecule has 1 aromatic carbocycles. The Morgan fingerprint density at radius 2 is 1.62 bits per heavy atom. The number of hydrogen-bond acceptors (Lipinski definition) is 4. The predicted molar refractivity (Wildman–Crippen MR) is 53.9 cm³/mol. The number of nitrogens with zero attached hydrogens (tertiary/aromatic N) is 1. The maximum atomic E-state index is 10.1. The molecule has 0 aliphatic heterocycles. The Balaban J connectivity index is 0. The minimum atomic E-state index is -0.459. The molecule has 0 heterocycles. The zero-order valence-electron chi connectivity index (χ0n) is 7.86. The summed E-state index contributed by atoms with van der Waals surface area (Å²) < 4.78 is 0. The van der Waals surface area contributed by atoms with E-state index in [0.717, 1.165) is 0 Å². The molecule has 0 atom stereocenters. The summed E-state index contributed by atoms with van der Waals surface area (Å²) >= 11 is 0. The van der Waals surface area contributed by atoms with Gasteiger partial charge in [-0.15, -0.1) is 0 Å². The van der Waals surface area contributed by atoms with E-state index in [4.69, 9.17) is 5.73 Å². The molecule has 74 valence electrons. The van der Waals surface area contributed by atoms with Gasteiger partial charge in [0.25, 0.3) is 5.69 Å². The fourth-order valence-electron chi connectivity index (χ4n) is 0.596. The van der Waals surface area contributed by atoms with Crippen molar-refractivity contribution >= 4 is 11.4 Å². The van der Waals surface area contributed by atoms with Crippen LogP contribution in [0.15, 0.2) is 24.3 Å². The molecule has 0 saturated carbocycles. The van der Waals surface area contributed by atoms with Gasteiger partial charge in [-0.25, -0.2) is 0 Å². The molecule has 0 bridgehead atoms. The summed E-state index contributed by atoms with van der Waals surface area (Å²) in [5.74, 6) is 0. The molecule has 0 aromatic heterocycles. The summed E-state index contributed by atoms with van der Waals surface area (Å²) in [5.41, 5.74) is 5.90. The molecule has 0 unspecified atom stereocenters. The van der Waals surface area contributed by atoms with Crippen molar-refractivity contribution in [3.8, 4) is 0 Å². The van der Waals surface area contributed by atoms with Crippen LogP contribution in [0.5, 0.6) is 0 Å². The van der Waals surface area contributed by atoms with Gasteiger partial charge in [0, 0.05) is 17.8 Å². The van der Waals surface area contributed by atoms with Gasteiger partial charge in [0.2, 0.25) is 0 Å². The first-order valence-electron chi connectivity index (χ1n) is 3.70. The molecular weight excluding hydrogens is 170 g/mol. The molecular formula is C8H15N3O2. The number of benzene rings is 1. The molecule has 5 N–H and O–H groups in total. The molecule has 0 saturated heterocycles. The van der Waals surface area contributed by atoms with E-state index in [1.54, 1.807) is 0 Å². The van der Waals surface area contributed by atoms with Gasteiger partial charge < -0.3 is 11.9 Å². The van der Waals surface area contributed by atoms with Crippen LogP contribution in [-0.2, 0) is 0 Å². The van der Waals surface area contributed by atoms with E-state index in [-0.39, 0.29) is 11.8 Å². The highest BCUT2D eigenvalue weighted by atomic mass is 16.6. The monoisotopic (exact) mass is 185 g/mol. The first-order chi connectivity index (χ1) is 5.70. The predicted octanol–water partition coefficient (Wildman–Crippen LogP) is 2.37. The molecule has 0 radical (unpaired) electrons. The van der Waals surface area contributed by atoms with E-state index in [1.807, 2.05) is 13.8 Å². The van der Waals surface area contributed by atoms with Gasteiger partial charge in [0.05, 0.1) is 4.92 Å².